The minimum Gasteiger partial charge on any atom is -0.405 e. The van der Waals surface area contributed by atoms with E-state index in [1.54, 1.807) is 6.07 Å². The van der Waals surface area contributed by atoms with Gasteiger partial charge in [0.25, 0.3) is 0 Å². The Bertz CT molecular complexity index is 455. The van der Waals surface area contributed by atoms with Crippen molar-refractivity contribution < 1.29 is 22.7 Å². The quantitative estimate of drug-likeness (QED) is 0.915. The van der Waals surface area contributed by atoms with Gasteiger partial charge >= 0.3 is 6.36 Å². The smallest absolute Gasteiger partial charge is 0.405 e. The molecule has 1 N–H and O–H groups in total. The van der Waals surface area contributed by atoms with Crippen LogP contribution >= 0.6 is 0 Å². The largest absolute Gasteiger partial charge is 0.573 e. The van der Waals surface area contributed by atoms with Crippen LogP contribution in [0.2, 0.25) is 0 Å². The van der Waals surface area contributed by atoms with Gasteiger partial charge in [0.05, 0.1) is 0 Å². The first-order chi connectivity index (χ1) is 8.96. The Balaban J connectivity index is 1.97. The number of ether oxygens (including phenoxy) is 1. The molecule has 0 bridgehead atoms. The molecule has 0 spiro atoms. The van der Waals surface area contributed by atoms with Crippen molar-refractivity contribution >= 4 is 5.91 Å². The van der Waals surface area contributed by atoms with Crippen LogP contribution in [-0.4, -0.2) is 12.3 Å². The number of hydrogen-bond acceptors (Lipinski definition) is 2. The van der Waals surface area contributed by atoms with E-state index in [9.17, 15) is 18.0 Å². The van der Waals surface area contributed by atoms with Crippen LogP contribution in [0.15, 0.2) is 24.3 Å². The number of alkyl halides is 3. The van der Waals surface area contributed by atoms with Crippen molar-refractivity contribution in [1.82, 2.24) is 5.32 Å². The van der Waals surface area contributed by atoms with E-state index in [1.807, 2.05) is 0 Å². The summed E-state index contributed by atoms with van der Waals surface area (Å²) in [5.74, 6) is -0.368. The molecule has 0 heterocycles. The maximum absolute atomic E-state index is 12.2. The predicted octanol–water partition coefficient (Wildman–Crippen LogP) is 3.00. The molecule has 0 aliphatic heterocycles. The third-order valence-electron chi connectivity index (χ3n) is 3.13. The lowest BCUT2D eigenvalue weighted by Gasteiger charge is -2.24. The monoisotopic (exact) mass is 273 g/mol. The summed E-state index contributed by atoms with van der Waals surface area (Å²) < 4.78 is 40.5. The number of amides is 1. The molecule has 0 aromatic heterocycles. The molecule has 1 saturated carbocycles. The van der Waals surface area contributed by atoms with E-state index in [2.05, 4.69) is 10.1 Å². The zero-order valence-electron chi connectivity index (χ0n) is 10.2. The van der Waals surface area contributed by atoms with Crippen molar-refractivity contribution in [3.05, 3.63) is 29.8 Å². The average molecular weight is 273 g/mol. The van der Waals surface area contributed by atoms with Gasteiger partial charge in [-0.15, -0.1) is 13.2 Å². The van der Waals surface area contributed by atoms with Crippen LogP contribution in [0.1, 0.15) is 24.8 Å². The standard InChI is InChI=1S/C13H14F3NO2/c14-13(15,16)19-11-7-2-1-4-10(11)8-17-12(18)9-5-3-6-9/h1-2,4,7,9H,3,5-6,8H2,(H,17,18). The van der Waals surface area contributed by atoms with E-state index in [4.69, 9.17) is 0 Å². The molecule has 6 heteroatoms. The van der Waals surface area contributed by atoms with Crippen LogP contribution < -0.4 is 10.1 Å². The van der Waals surface area contributed by atoms with Gasteiger partial charge in [0.2, 0.25) is 5.91 Å². The maximum atomic E-state index is 12.2. The molecule has 104 valence electrons. The van der Waals surface area contributed by atoms with Crippen molar-refractivity contribution in [2.75, 3.05) is 0 Å². The average Bonchev–Trinajstić information content (AvgIpc) is 2.23. The number of para-hydroxylation sites is 1. The fourth-order valence-electron chi connectivity index (χ4n) is 1.87. The van der Waals surface area contributed by atoms with Gasteiger partial charge < -0.3 is 10.1 Å². The SMILES string of the molecule is O=C(NCc1ccccc1OC(F)(F)F)C1CCC1. The molecule has 1 aromatic rings. The van der Waals surface area contributed by atoms with E-state index in [1.165, 1.54) is 18.2 Å². The molecule has 1 amide bonds. The highest BCUT2D eigenvalue weighted by atomic mass is 19.4. The van der Waals surface area contributed by atoms with Crippen LogP contribution in [0.5, 0.6) is 5.75 Å². The Labute approximate surface area is 108 Å². The molecule has 1 aromatic carbocycles. The number of nitrogens with one attached hydrogen (secondary N) is 1. The highest BCUT2D eigenvalue weighted by molar-refractivity contribution is 5.79. The minimum atomic E-state index is -4.73. The third-order valence-corrected chi connectivity index (χ3v) is 3.13. The third kappa shape index (κ3) is 3.87. The van der Waals surface area contributed by atoms with Crippen LogP contribution in [-0.2, 0) is 11.3 Å². The van der Waals surface area contributed by atoms with Gasteiger partial charge in [-0.1, -0.05) is 24.6 Å². The Morgan fingerprint density at radius 2 is 2.00 bits per heavy atom. The summed E-state index contributed by atoms with van der Waals surface area (Å²) >= 11 is 0. The highest BCUT2D eigenvalue weighted by Crippen LogP contribution is 2.28. The first kappa shape index (κ1) is 13.7. The van der Waals surface area contributed by atoms with Gasteiger partial charge in [0, 0.05) is 18.0 Å². The zero-order chi connectivity index (χ0) is 13.9. The molecule has 1 aliphatic rings. The fourth-order valence-corrected chi connectivity index (χ4v) is 1.87. The second-order valence-corrected chi connectivity index (χ2v) is 4.50. The molecule has 1 aliphatic carbocycles. The fraction of sp³-hybridized carbons (Fsp3) is 0.462. The molecule has 1 fully saturated rings. The summed E-state index contributed by atoms with van der Waals surface area (Å²) in [6.45, 7) is 0.0432. The van der Waals surface area contributed by atoms with Crippen LogP contribution in [0.3, 0.4) is 0 Å². The summed E-state index contributed by atoms with van der Waals surface area (Å²) in [6, 6.07) is 5.80. The lowest BCUT2D eigenvalue weighted by Crippen LogP contribution is -2.34. The Hall–Kier alpha value is -1.72. The van der Waals surface area contributed by atoms with E-state index in [0.29, 0.717) is 5.56 Å². The van der Waals surface area contributed by atoms with Gasteiger partial charge in [-0.05, 0) is 18.9 Å². The van der Waals surface area contributed by atoms with Crippen molar-refractivity contribution in [2.24, 2.45) is 5.92 Å². The van der Waals surface area contributed by atoms with E-state index in [0.717, 1.165) is 19.3 Å². The van der Waals surface area contributed by atoms with E-state index >= 15 is 0 Å². The van der Waals surface area contributed by atoms with Crippen LogP contribution in [0, 0.1) is 5.92 Å². The molecule has 2 rings (SSSR count). The summed E-state index contributed by atoms with van der Waals surface area (Å²) in [7, 11) is 0. The van der Waals surface area contributed by atoms with Crippen LogP contribution in [0.25, 0.3) is 0 Å². The first-order valence-corrected chi connectivity index (χ1v) is 6.07. The molecule has 0 atom stereocenters. The number of carbonyl (C=O) groups excluding carboxylic acids is 1. The van der Waals surface area contributed by atoms with Gasteiger partial charge in [0.15, 0.2) is 0 Å². The molecular weight excluding hydrogens is 259 g/mol. The normalized spacial score (nSPS) is 15.7. The van der Waals surface area contributed by atoms with E-state index in [-0.39, 0.29) is 24.1 Å². The number of halogens is 3. The Morgan fingerprint density at radius 1 is 1.32 bits per heavy atom. The van der Waals surface area contributed by atoms with Crippen LogP contribution in [0.4, 0.5) is 13.2 Å². The maximum Gasteiger partial charge on any atom is 0.573 e. The number of rotatable bonds is 4. The molecule has 3 nitrogen and oxygen atoms in total. The molecule has 0 radical (unpaired) electrons. The van der Waals surface area contributed by atoms with Crippen molar-refractivity contribution in [1.29, 1.82) is 0 Å². The second kappa shape index (κ2) is 5.50. The van der Waals surface area contributed by atoms with E-state index < -0.39 is 6.36 Å². The van der Waals surface area contributed by atoms with Gasteiger partial charge in [0.1, 0.15) is 5.75 Å². The van der Waals surface area contributed by atoms with Crippen molar-refractivity contribution in [3.63, 3.8) is 0 Å². The van der Waals surface area contributed by atoms with Crippen molar-refractivity contribution in [2.45, 2.75) is 32.2 Å². The molecule has 0 saturated heterocycles. The second-order valence-electron chi connectivity index (χ2n) is 4.50. The highest BCUT2D eigenvalue weighted by Gasteiger charge is 2.32. The molecule has 19 heavy (non-hydrogen) atoms. The molecular formula is C13H14F3NO2. The lowest BCUT2D eigenvalue weighted by atomic mass is 9.85. The predicted molar refractivity (Wildman–Crippen MR) is 62.3 cm³/mol. The summed E-state index contributed by atoms with van der Waals surface area (Å²) in [4.78, 5) is 11.6. The number of benzene rings is 1. The Kier molecular flexibility index (Phi) is 3.97. The Morgan fingerprint density at radius 3 is 2.58 bits per heavy atom. The van der Waals surface area contributed by atoms with Gasteiger partial charge in [-0.2, -0.15) is 0 Å². The lowest BCUT2D eigenvalue weighted by molar-refractivity contribution is -0.274. The van der Waals surface area contributed by atoms with Gasteiger partial charge in [-0.3, -0.25) is 4.79 Å². The topological polar surface area (TPSA) is 38.3 Å². The number of carbonyl (C=O) groups is 1. The van der Waals surface area contributed by atoms with Crippen molar-refractivity contribution in [3.8, 4) is 5.75 Å². The first-order valence-electron chi connectivity index (χ1n) is 6.07. The summed E-state index contributed by atoms with van der Waals surface area (Å²) in [5, 5.41) is 2.64. The molecule has 0 unspecified atom stereocenters. The zero-order valence-corrected chi connectivity index (χ0v) is 10.2. The van der Waals surface area contributed by atoms with Gasteiger partial charge in [-0.25, -0.2) is 0 Å². The minimum absolute atomic E-state index is 0.00990. The summed E-state index contributed by atoms with van der Waals surface area (Å²) in [5.41, 5.74) is 0.312. The number of hydrogen-bond donors (Lipinski definition) is 1. The summed E-state index contributed by atoms with van der Waals surface area (Å²) in [6.07, 6.45) is -1.99.